The van der Waals surface area contributed by atoms with Crippen LogP contribution in [0.25, 0.3) is 0 Å². The Morgan fingerprint density at radius 3 is 2.46 bits per heavy atom. The van der Waals surface area contributed by atoms with Gasteiger partial charge >= 0.3 is 0 Å². The van der Waals surface area contributed by atoms with Gasteiger partial charge in [-0.1, -0.05) is 50.5 Å². The van der Waals surface area contributed by atoms with E-state index in [2.05, 4.69) is 30.9 Å². The van der Waals surface area contributed by atoms with Gasteiger partial charge in [0.05, 0.1) is 6.61 Å². The highest BCUT2D eigenvalue weighted by molar-refractivity contribution is 5.40. The third kappa shape index (κ3) is 6.83. The topological polar surface area (TPSA) is 9.23 Å². The van der Waals surface area contributed by atoms with Gasteiger partial charge in [0.15, 0.2) is 0 Å². The highest BCUT2D eigenvalue weighted by atomic mass is 16.5. The van der Waals surface area contributed by atoms with Gasteiger partial charge in [-0.2, -0.15) is 0 Å². The molecule has 1 nitrogen and oxygen atoms in total. The van der Waals surface area contributed by atoms with Gasteiger partial charge in [-0.25, -0.2) is 0 Å². The Morgan fingerprint density at radius 2 is 1.79 bits per heavy atom. The quantitative estimate of drug-likeness (QED) is 0.417. The first-order valence-corrected chi connectivity index (χ1v) is 9.72. The summed E-state index contributed by atoms with van der Waals surface area (Å²) in [4.78, 5) is 0. The molecule has 0 N–H and O–H groups in total. The number of benzene rings is 1. The summed E-state index contributed by atoms with van der Waals surface area (Å²) in [6.07, 6.45) is 15.5. The molecule has 0 unspecified atom stereocenters. The lowest BCUT2D eigenvalue weighted by atomic mass is 9.79. The number of hydrogen-bond acceptors (Lipinski definition) is 1. The summed E-state index contributed by atoms with van der Waals surface area (Å²) in [6, 6.07) is 8.01. The minimum absolute atomic E-state index is 0.703. The molecule has 0 aliphatic heterocycles. The maximum absolute atomic E-state index is 5.44. The van der Waals surface area contributed by atoms with E-state index in [1.807, 2.05) is 31.2 Å². The summed E-state index contributed by atoms with van der Waals surface area (Å²) in [6.45, 7) is 4.99. The second-order valence-corrected chi connectivity index (χ2v) is 6.86. The Hall–Kier alpha value is -1.68. The Labute approximate surface area is 148 Å². The van der Waals surface area contributed by atoms with Crippen molar-refractivity contribution < 1.29 is 4.74 Å². The third-order valence-corrected chi connectivity index (χ3v) is 4.94. The third-order valence-electron chi connectivity index (χ3n) is 4.94. The lowest BCUT2D eigenvalue weighted by Gasteiger charge is -2.26. The predicted molar refractivity (Wildman–Crippen MR) is 103 cm³/mol. The fourth-order valence-corrected chi connectivity index (χ4v) is 3.46. The molecule has 1 aromatic carbocycles. The van der Waals surface area contributed by atoms with E-state index in [-0.39, 0.29) is 0 Å². The van der Waals surface area contributed by atoms with E-state index in [1.54, 1.807) is 0 Å². The minimum Gasteiger partial charge on any atom is -0.494 e. The van der Waals surface area contributed by atoms with Crippen LogP contribution in [0.1, 0.15) is 70.8 Å². The van der Waals surface area contributed by atoms with Crippen molar-refractivity contribution in [1.82, 2.24) is 0 Å². The number of unbranched alkanes of at least 4 members (excludes halogenated alkanes) is 2. The van der Waals surface area contributed by atoms with Crippen LogP contribution in [0.5, 0.6) is 5.75 Å². The number of rotatable bonds is 7. The van der Waals surface area contributed by atoms with Crippen LogP contribution < -0.4 is 4.74 Å². The molecule has 2 rings (SSSR count). The highest BCUT2D eigenvalue weighted by Gasteiger charge is 2.18. The standard InChI is InChI=1S/C23H32O/c1-3-5-6-9-20-12-14-21(15-13-20)10-7-8-11-22-16-18-23(19-17-22)24-4-2/h7,10,16-21H,3-6,9,12-15H2,1-2H3. The number of hydrogen-bond donors (Lipinski definition) is 0. The van der Waals surface area contributed by atoms with Crippen molar-refractivity contribution >= 4 is 0 Å². The molecule has 0 amide bonds. The molecule has 1 aliphatic rings. The lowest BCUT2D eigenvalue weighted by Crippen LogP contribution is -2.12. The van der Waals surface area contributed by atoms with E-state index >= 15 is 0 Å². The van der Waals surface area contributed by atoms with Crippen molar-refractivity contribution in [3.63, 3.8) is 0 Å². The zero-order valence-electron chi connectivity index (χ0n) is 15.4. The molecule has 1 aromatic rings. The van der Waals surface area contributed by atoms with Gasteiger partial charge < -0.3 is 4.74 Å². The molecule has 130 valence electrons. The van der Waals surface area contributed by atoms with Crippen LogP contribution >= 0.6 is 0 Å². The van der Waals surface area contributed by atoms with Crippen molar-refractivity contribution in [2.24, 2.45) is 11.8 Å². The summed E-state index contributed by atoms with van der Waals surface area (Å²) >= 11 is 0. The Kier molecular flexibility index (Phi) is 8.53. The Morgan fingerprint density at radius 1 is 1.04 bits per heavy atom. The molecule has 1 heteroatoms. The van der Waals surface area contributed by atoms with Gasteiger partial charge in [0.2, 0.25) is 0 Å². The van der Waals surface area contributed by atoms with Gasteiger partial charge in [0.25, 0.3) is 0 Å². The summed E-state index contributed by atoms with van der Waals surface area (Å²) in [7, 11) is 0. The van der Waals surface area contributed by atoms with Crippen molar-refractivity contribution in [1.29, 1.82) is 0 Å². The smallest absolute Gasteiger partial charge is 0.119 e. The van der Waals surface area contributed by atoms with Crippen molar-refractivity contribution in [3.05, 3.63) is 42.0 Å². The van der Waals surface area contributed by atoms with Gasteiger partial charge in [-0.05, 0) is 74.8 Å². The maximum atomic E-state index is 5.44. The maximum Gasteiger partial charge on any atom is 0.119 e. The first kappa shape index (κ1) is 18.7. The minimum atomic E-state index is 0.703. The molecule has 0 aromatic heterocycles. The number of allylic oxidation sites excluding steroid dienone is 2. The normalized spacial score (nSPS) is 20.6. The summed E-state index contributed by atoms with van der Waals surface area (Å²) < 4.78 is 5.44. The van der Waals surface area contributed by atoms with Crippen molar-refractivity contribution in [2.45, 2.75) is 65.2 Å². The molecule has 1 saturated carbocycles. The molecule has 0 bridgehead atoms. The highest BCUT2D eigenvalue weighted by Crippen LogP contribution is 2.32. The van der Waals surface area contributed by atoms with Gasteiger partial charge in [-0.15, -0.1) is 0 Å². The SMILES string of the molecule is CCCCCC1CCC(C=CC#Cc2ccc(OCC)cc2)CC1. The van der Waals surface area contributed by atoms with Crippen LogP contribution in [0, 0.1) is 23.7 Å². The van der Waals surface area contributed by atoms with E-state index in [9.17, 15) is 0 Å². The average Bonchev–Trinajstić information content (AvgIpc) is 2.62. The molecule has 1 fully saturated rings. The van der Waals surface area contributed by atoms with E-state index in [4.69, 9.17) is 4.74 Å². The van der Waals surface area contributed by atoms with E-state index in [1.165, 1.54) is 51.4 Å². The van der Waals surface area contributed by atoms with E-state index in [0.717, 1.165) is 23.1 Å². The summed E-state index contributed by atoms with van der Waals surface area (Å²) in [5, 5.41) is 0. The monoisotopic (exact) mass is 324 g/mol. The van der Waals surface area contributed by atoms with Crippen molar-refractivity contribution in [2.75, 3.05) is 6.61 Å². The first-order valence-electron chi connectivity index (χ1n) is 9.72. The molecule has 0 radical (unpaired) electrons. The summed E-state index contributed by atoms with van der Waals surface area (Å²) in [5.41, 5.74) is 1.04. The molecular formula is C23H32O. The largest absolute Gasteiger partial charge is 0.494 e. The van der Waals surface area contributed by atoms with Gasteiger partial charge in [0.1, 0.15) is 5.75 Å². The van der Waals surface area contributed by atoms with E-state index < -0.39 is 0 Å². The molecule has 0 spiro atoms. The molecule has 0 atom stereocenters. The zero-order valence-corrected chi connectivity index (χ0v) is 15.4. The Bertz CT molecular complexity index is 536. The van der Waals surface area contributed by atoms with E-state index in [0.29, 0.717) is 6.61 Å². The van der Waals surface area contributed by atoms with Crippen LogP contribution in [0.15, 0.2) is 36.4 Å². The van der Waals surface area contributed by atoms with Crippen LogP contribution in [0.4, 0.5) is 0 Å². The Balaban J connectivity index is 1.71. The van der Waals surface area contributed by atoms with Crippen LogP contribution in [0.3, 0.4) is 0 Å². The van der Waals surface area contributed by atoms with Crippen LogP contribution in [-0.4, -0.2) is 6.61 Å². The fourth-order valence-electron chi connectivity index (χ4n) is 3.46. The lowest BCUT2D eigenvalue weighted by molar-refractivity contribution is 0.289. The summed E-state index contributed by atoms with van der Waals surface area (Å²) in [5.74, 6) is 9.02. The first-order chi connectivity index (χ1) is 11.8. The zero-order chi connectivity index (χ0) is 17.0. The van der Waals surface area contributed by atoms with Gasteiger partial charge in [0, 0.05) is 5.56 Å². The van der Waals surface area contributed by atoms with Crippen molar-refractivity contribution in [3.8, 4) is 17.6 Å². The molecule has 0 heterocycles. The molecular weight excluding hydrogens is 292 g/mol. The average molecular weight is 325 g/mol. The fraction of sp³-hybridized carbons (Fsp3) is 0.565. The number of ether oxygens (including phenoxy) is 1. The molecule has 24 heavy (non-hydrogen) atoms. The van der Waals surface area contributed by atoms with Crippen LogP contribution in [-0.2, 0) is 0 Å². The van der Waals surface area contributed by atoms with Gasteiger partial charge in [-0.3, -0.25) is 0 Å². The molecule has 0 saturated heterocycles. The van der Waals surface area contributed by atoms with Crippen LogP contribution in [0.2, 0.25) is 0 Å². The molecule has 1 aliphatic carbocycles. The predicted octanol–water partition coefficient (Wildman–Crippen LogP) is 6.38. The second kappa shape index (κ2) is 11.0. The second-order valence-electron chi connectivity index (χ2n) is 6.86.